The fourth-order valence-electron chi connectivity index (χ4n) is 3.46. The van der Waals surface area contributed by atoms with Gasteiger partial charge in [0.15, 0.2) is 0 Å². The third-order valence-corrected chi connectivity index (χ3v) is 4.78. The average Bonchev–Trinajstić information content (AvgIpc) is 2.68. The Hall–Kier alpha value is -2.65. The normalized spacial score (nSPS) is 14.1. The zero-order valence-corrected chi connectivity index (χ0v) is 14.4. The van der Waals surface area contributed by atoms with Crippen LogP contribution in [0.5, 0.6) is 0 Å². The number of pyridine rings is 1. The number of hydrogen-bond acceptors (Lipinski definition) is 3. The summed E-state index contributed by atoms with van der Waals surface area (Å²) in [5, 5.41) is 3.52. The van der Waals surface area contributed by atoms with E-state index in [0.29, 0.717) is 0 Å². The first-order valence-electron chi connectivity index (χ1n) is 8.89. The maximum atomic E-state index is 4.59. The molecule has 1 aliphatic heterocycles. The topological polar surface area (TPSA) is 28.2 Å². The predicted octanol–water partition coefficient (Wildman–Crippen LogP) is 4.25. The van der Waals surface area contributed by atoms with E-state index in [-0.39, 0.29) is 0 Å². The van der Waals surface area contributed by atoms with Gasteiger partial charge in [0.05, 0.1) is 0 Å². The molecule has 0 fully saturated rings. The number of nitrogens with zero attached hydrogens (tertiary/aromatic N) is 2. The molecule has 1 aromatic heterocycles. The Morgan fingerprint density at radius 2 is 1.60 bits per heavy atom. The Bertz CT molecular complexity index is 815. The largest absolute Gasteiger partial charge is 0.366 e. The van der Waals surface area contributed by atoms with Crippen LogP contribution in [-0.4, -0.2) is 16.4 Å². The fraction of sp³-hybridized carbons (Fsp3) is 0.227. The maximum Gasteiger partial charge on any atom is 0.129 e. The van der Waals surface area contributed by atoms with Crippen molar-refractivity contribution in [1.82, 2.24) is 9.88 Å². The van der Waals surface area contributed by atoms with E-state index >= 15 is 0 Å². The summed E-state index contributed by atoms with van der Waals surface area (Å²) < 4.78 is 0. The number of fused-ring (bicyclic) bond motifs is 1. The molecular formula is C22H23N3. The van der Waals surface area contributed by atoms with Crippen molar-refractivity contribution in [3.8, 4) is 0 Å². The Labute approximate surface area is 149 Å². The van der Waals surface area contributed by atoms with Gasteiger partial charge >= 0.3 is 0 Å². The third kappa shape index (κ3) is 3.89. The second-order valence-corrected chi connectivity index (χ2v) is 6.58. The number of benzene rings is 2. The van der Waals surface area contributed by atoms with Gasteiger partial charge in [-0.15, -0.1) is 0 Å². The molecule has 0 aliphatic carbocycles. The summed E-state index contributed by atoms with van der Waals surface area (Å²) in [6, 6.07) is 23.4. The molecule has 1 N–H and O–H groups in total. The van der Waals surface area contributed by atoms with Crippen molar-refractivity contribution in [3.05, 3.63) is 95.2 Å². The molecule has 3 nitrogen and oxygen atoms in total. The number of hydrogen-bond donors (Lipinski definition) is 1. The zero-order valence-electron chi connectivity index (χ0n) is 14.4. The molecule has 4 rings (SSSR count). The summed E-state index contributed by atoms with van der Waals surface area (Å²) in [7, 11) is 0. The van der Waals surface area contributed by atoms with Crippen LogP contribution in [0.1, 0.15) is 22.3 Å². The van der Waals surface area contributed by atoms with E-state index < -0.39 is 0 Å². The number of aromatic nitrogens is 1. The lowest BCUT2D eigenvalue weighted by molar-refractivity contribution is 0.245. The van der Waals surface area contributed by atoms with Crippen molar-refractivity contribution in [2.45, 2.75) is 26.1 Å². The maximum absolute atomic E-state index is 4.59. The first kappa shape index (κ1) is 15.9. The predicted molar refractivity (Wildman–Crippen MR) is 102 cm³/mol. The van der Waals surface area contributed by atoms with Crippen LogP contribution in [0.4, 0.5) is 5.82 Å². The molecule has 25 heavy (non-hydrogen) atoms. The summed E-state index contributed by atoms with van der Waals surface area (Å²) in [6.45, 7) is 3.90. The fourth-order valence-corrected chi connectivity index (χ4v) is 3.46. The smallest absolute Gasteiger partial charge is 0.129 e. The summed E-state index contributed by atoms with van der Waals surface area (Å²) >= 11 is 0. The Kier molecular flexibility index (Phi) is 4.75. The highest BCUT2D eigenvalue weighted by Gasteiger charge is 2.19. The standard InChI is InChI=1S/C22H23N3/c1-3-7-18(8-4-1)15-24-22-21-12-14-25(17-20(21)11-13-23-22)16-19-9-5-2-6-10-19/h1-11,13H,12,14-17H2,(H,23,24). The van der Waals surface area contributed by atoms with Crippen LogP contribution < -0.4 is 5.32 Å². The molecule has 0 bridgehead atoms. The zero-order chi connectivity index (χ0) is 16.9. The Balaban J connectivity index is 1.45. The van der Waals surface area contributed by atoms with Gasteiger partial charge in [-0.3, -0.25) is 4.90 Å². The Morgan fingerprint density at radius 1 is 0.880 bits per heavy atom. The van der Waals surface area contributed by atoms with Gasteiger partial charge in [-0.05, 0) is 29.2 Å². The van der Waals surface area contributed by atoms with Gasteiger partial charge in [0.2, 0.25) is 0 Å². The summed E-state index contributed by atoms with van der Waals surface area (Å²) in [4.78, 5) is 7.10. The van der Waals surface area contributed by atoms with E-state index in [4.69, 9.17) is 0 Å². The highest BCUT2D eigenvalue weighted by molar-refractivity contribution is 5.49. The Morgan fingerprint density at radius 3 is 2.36 bits per heavy atom. The minimum Gasteiger partial charge on any atom is -0.366 e. The molecule has 3 aromatic rings. The van der Waals surface area contributed by atoms with Crippen LogP contribution in [0, 0.1) is 0 Å². The highest BCUT2D eigenvalue weighted by atomic mass is 15.1. The molecular weight excluding hydrogens is 306 g/mol. The molecule has 0 spiro atoms. The van der Waals surface area contributed by atoms with E-state index in [1.165, 1.54) is 22.3 Å². The molecule has 0 unspecified atom stereocenters. The first-order valence-corrected chi connectivity index (χ1v) is 8.89. The van der Waals surface area contributed by atoms with Crippen LogP contribution >= 0.6 is 0 Å². The van der Waals surface area contributed by atoms with Crippen molar-refractivity contribution < 1.29 is 0 Å². The number of anilines is 1. The first-order chi connectivity index (χ1) is 12.4. The second-order valence-electron chi connectivity index (χ2n) is 6.58. The van der Waals surface area contributed by atoms with Crippen LogP contribution in [-0.2, 0) is 26.1 Å². The summed E-state index contributed by atoms with van der Waals surface area (Å²) in [5.41, 5.74) is 5.43. The van der Waals surface area contributed by atoms with Crippen molar-refractivity contribution in [2.24, 2.45) is 0 Å². The molecule has 0 saturated carbocycles. The number of nitrogens with one attached hydrogen (secondary N) is 1. The van der Waals surface area contributed by atoms with Crippen molar-refractivity contribution in [3.63, 3.8) is 0 Å². The SMILES string of the molecule is c1ccc(CNc2nccc3c2CCN(Cc2ccccc2)C3)cc1. The van der Waals surface area contributed by atoms with E-state index in [1.807, 2.05) is 12.3 Å². The van der Waals surface area contributed by atoms with Crippen LogP contribution in [0.15, 0.2) is 72.9 Å². The second kappa shape index (κ2) is 7.49. The highest BCUT2D eigenvalue weighted by Crippen LogP contribution is 2.25. The molecule has 0 saturated heterocycles. The molecule has 0 atom stereocenters. The lowest BCUT2D eigenvalue weighted by Crippen LogP contribution is -2.30. The van der Waals surface area contributed by atoms with E-state index in [1.54, 1.807) is 0 Å². The molecule has 3 heteroatoms. The quantitative estimate of drug-likeness (QED) is 0.758. The summed E-state index contributed by atoms with van der Waals surface area (Å²) in [6.07, 6.45) is 2.98. The van der Waals surface area contributed by atoms with Gasteiger partial charge in [-0.25, -0.2) is 4.98 Å². The van der Waals surface area contributed by atoms with Crippen LogP contribution in [0.2, 0.25) is 0 Å². The molecule has 2 aromatic carbocycles. The molecule has 0 amide bonds. The summed E-state index contributed by atoms with van der Waals surface area (Å²) in [5.74, 6) is 1.04. The van der Waals surface area contributed by atoms with Crippen molar-refractivity contribution in [1.29, 1.82) is 0 Å². The minimum atomic E-state index is 0.817. The van der Waals surface area contributed by atoms with Crippen LogP contribution in [0.3, 0.4) is 0 Å². The number of rotatable bonds is 5. The van der Waals surface area contributed by atoms with E-state index in [2.05, 4.69) is 75.9 Å². The third-order valence-electron chi connectivity index (χ3n) is 4.78. The minimum absolute atomic E-state index is 0.817. The average molecular weight is 329 g/mol. The van der Waals surface area contributed by atoms with Crippen molar-refractivity contribution in [2.75, 3.05) is 11.9 Å². The molecule has 0 radical (unpaired) electrons. The van der Waals surface area contributed by atoms with Gasteiger partial charge in [0, 0.05) is 37.9 Å². The monoisotopic (exact) mass is 329 g/mol. The van der Waals surface area contributed by atoms with Gasteiger partial charge in [0.25, 0.3) is 0 Å². The van der Waals surface area contributed by atoms with E-state index in [0.717, 1.165) is 38.4 Å². The van der Waals surface area contributed by atoms with Gasteiger partial charge in [0.1, 0.15) is 5.82 Å². The van der Waals surface area contributed by atoms with Gasteiger partial charge in [-0.2, -0.15) is 0 Å². The van der Waals surface area contributed by atoms with Crippen molar-refractivity contribution >= 4 is 5.82 Å². The lowest BCUT2D eigenvalue weighted by Gasteiger charge is -2.29. The molecule has 2 heterocycles. The van der Waals surface area contributed by atoms with Gasteiger partial charge < -0.3 is 5.32 Å². The molecule has 126 valence electrons. The lowest BCUT2D eigenvalue weighted by atomic mass is 10.00. The van der Waals surface area contributed by atoms with E-state index in [9.17, 15) is 0 Å². The van der Waals surface area contributed by atoms with Crippen LogP contribution in [0.25, 0.3) is 0 Å². The molecule has 1 aliphatic rings. The van der Waals surface area contributed by atoms with Gasteiger partial charge in [-0.1, -0.05) is 60.7 Å².